The van der Waals surface area contributed by atoms with E-state index >= 15 is 0 Å². The number of aliphatic hydroxyl groups excluding tert-OH is 1. The number of nitrogens with zero attached hydrogens (tertiary/aromatic N) is 1. The smallest absolute Gasteiger partial charge is 0.0992 e. The van der Waals surface area contributed by atoms with Crippen LogP contribution in [0.3, 0.4) is 0 Å². The molecule has 1 saturated heterocycles. The second-order valence-electron chi connectivity index (χ2n) is 4.61. The van der Waals surface area contributed by atoms with E-state index in [4.69, 9.17) is 4.74 Å². The molecule has 1 aliphatic rings. The van der Waals surface area contributed by atoms with Crippen LogP contribution in [-0.2, 0) is 4.74 Å². The maximum atomic E-state index is 10.3. The van der Waals surface area contributed by atoms with Crippen molar-refractivity contribution in [2.24, 2.45) is 5.92 Å². The quantitative estimate of drug-likeness (QED) is 0.832. The molecule has 0 aliphatic carbocycles. The van der Waals surface area contributed by atoms with Crippen LogP contribution in [0.4, 0.5) is 0 Å². The Hall–Kier alpha value is -0.930. The molecule has 1 atom stereocenters. The van der Waals surface area contributed by atoms with Crippen LogP contribution in [-0.4, -0.2) is 23.3 Å². The summed E-state index contributed by atoms with van der Waals surface area (Å²) >= 11 is 0. The van der Waals surface area contributed by atoms with Crippen LogP contribution < -0.4 is 0 Å². The van der Waals surface area contributed by atoms with Gasteiger partial charge in [0.1, 0.15) is 0 Å². The van der Waals surface area contributed by atoms with Crippen molar-refractivity contribution in [3.05, 3.63) is 29.1 Å². The summed E-state index contributed by atoms with van der Waals surface area (Å²) < 4.78 is 5.30. The van der Waals surface area contributed by atoms with Gasteiger partial charge in [0.15, 0.2) is 0 Å². The van der Waals surface area contributed by atoms with E-state index in [2.05, 4.69) is 11.1 Å². The maximum absolute atomic E-state index is 10.3. The Kier molecular flexibility index (Phi) is 3.56. The second-order valence-corrected chi connectivity index (χ2v) is 4.61. The summed E-state index contributed by atoms with van der Waals surface area (Å²) in [6, 6.07) is 2.07. The molecular formula is C13H19NO2. The van der Waals surface area contributed by atoms with Crippen LogP contribution in [0.25, 0.3) is 0 Å². The molecular weight excluding hydrogens is 202 g/mol. The summed E-state index contributed by atoms with van der Waals surface area (Å²) in [5, 5.41) is 10.3. The largest absolute Gasteiger partial charge is 0.387 e. The van der Waals surface area contributed by atoms with Gasteiger partial charge in [-0.1, -0.05) is 6.07 Å². The van der Waals surface area contributed by atoms with Crippen LogP contribution >= 0.6 is 0 Å². The molecule has 0 spiro atoms. The monoisotopic (exact) mass is 221 g/mol. The van der Waals surface area contributed by atoms with Crippen molar-refractivity contribution in [1.29, 1.82) is 0 Å². The third kappa shape index (κ3) is 2.42. The Balaban J connectivity index is 2.15. The molecule has 1 aromatic heterocycles. The summed E-state index contributed by atoms with van der Waals surface area (Å²) in [5.74, 6) is 0.294. The first-order valence-electron chi connectivity index (χ1n) is 5.87. The molecule has 0 radical (unpaired) electrons. The average Bonchev–Trinajstić information content (AvgIpc) is 2.29. The Labute approximate surface area is 96.5 Å². The highest BCUT2D eigenvalue weighted by molar-refractivity contribution is 5.25. The lowest BCUT2D eigenvalue weighted by Gasteiger charge is -2.27. The predicted octanol–water partition coefficient (Wildman–Crippen LogP) is 2.16. The minimum atomic E-state index is -0.440. The van der Waals surface area contributed by atoms with E-state index in [9.17, 15) is 5.11 Å². The van der Waals surface area contributed by atoms with Gasteiger partial charge in [0.05, 0.1) is 11.8 Å². The summed E-state index contributed by atoms with van der Waals surface area (Å²) in [6.07, 6.45) is 3.24. The lowest BCUT2D eigenvalue weighted by atomic mass is 9.90. The van der Waals surface area contributed by atoms with Gasteiger partial charge < -0.3 is 9.84 Å². The topological polar surface area (TPSA) is 42.4 Å². The summed E-state index contributed by atoms with van der Waals surface area (Å²) in [6.45, 7) is 5.54. The highest BCUT2D eigenvalue weighted by Crippen LogP contribution is 2.30. The van der Waals surface area contributed by atoms with Crippen molar-refractivity contribution in [3.8, 4) is 0 Å². The lowest BCUT2D eigenvalue weighted by molar-refractivity contribution is 0.00532. The zero-order chi connectivity index (χ0) is 11.5. The number of pyridine rings is 1. The summed E-state index contributed by atoms with van der Waals surface area (Å²) in [5.41, 5.74) is 3.05. The molecule has 2 rings (SSSR count). The molecule has 1 N–H and O–H groups in total. The molecule has 3 nitrogen and oxygen atoms in total. The van der Waals surface area contributed by atoms with Crippen molar-refractivity contribution in [2.45, 2.75) is 32.8 Å². The molecule has 0 amide bonds. The van der Waals surface area contributed by atoms with Crippen LogP contribution in [0.1, 0.15) is 35.8 Å². The molecule has 3 heteroatoms. The van der Waals surface area contributed by atoms with Gasteiger partial charge in [-0.15, -0.1) is 0 Å². The third-order valence-corrected chi connectivity index (χ3v) is 3.25. The highest BCUT2D eigenvalue weighted by atomic mass is 16.5. The second kappa shape index (κ2) is 4.93. The van der Waals surface area contributed by atoms with Gasteiger partial charge in [0.25, 0.3) is 0 Å². The zero-order valence-electron chi connectivity index (χ0n) is 9.94. The van der Waals surface area contributed by atoms with E-state index in [1.165, 1.54) is 0 Å². The van der Waals surface area contributed by atoms with Gasteiger partial charge in [-0.05, 0) is 43.7 Å². The van der Waals surface area contributed by atoms with E-state index in [1.54, 1.807) is 0 Å². The number of aliphatic hydroxyl groups is 1. The van der Waals surface area contributed by atoms with E-state index < -0.39 is 6.10 Å². The average molecular weight is 221 g/mol. The predicted molar refractivity (Wildman–Crippen MR) is 62.2 cm³/mol. The molecule has 0 bridgehead atoms. The first kappa shape index (κ1) is 11.6. The van der Waals surface area contributed by atoms with Crippen LogP contribution in [0, 0.1) is 19.8 Å². The van der Waals surface area contributed by atoms with Gasteiger partial charge >= 0.3 is 0 Å². The Morgan fingerprint density at radius 2 is 2.06 bits per heavy atom. The Morgan fingerprint density at radius 3 is 2.69 bits per heavy atom. The van der Waals surface area contributed by atoms with Crippen molar-refractivity contribution < 1.29 is 9.84 Å². The summed E-state index contributed by atoms with van der Waals surface area (Å²) in [7, 11) is 0. The van der Waals surface area contributed by atoms with Crippen LogP contribution in [0.5, 0.6) is 0 Å². The van der Waals surface area contributed by atoms with E-state index in [-0.39, 0.29) is 0 Å². The maximum Gasteiger partial charge on any atom is 0.0992 e. The van der Waals surface area contributed by atoms with Gasteiger partial charge in [-0.3, -0.25) is 4.98 Å². The van der Waals surface area contributed by atoms with Crippen LogP contribution in [0.15, 0.2) is 12.3 Å². The molecule has 2 heterocycles. The zero-order valence-corrected chi connectivity index (χ0v) is 9.94. The fourth-order valence-electron chi connectivity index (χ4n) is 2.29. The van der Waals surface area contributed by atoms with Crippen molar-refractivity contribution in [1.82, 2.24) is 4.98 Å². The lowest BCUT2D eigenvalue weighted by Crippen LogP contribution is -2.23. The summed E-state index contributed by atoms with van der Waals surface area (Å²) in [4.78, 5) is 4.36. The number of hydrogen-bond donors (Lipinski definition) is 1. The Bertz CT molecular complexity index is 359. The molecule has 16 heavy (non-hydrogen) atoms. The Morgan fingerprint density at radius 1 is 1.38 bits per heavy atom. The number of ether oxygens (including phenoxy) is 1. The molecule has 1 aromatic rings. The van der Waals surface area contributed by atoms with Crippen molar-refractivity contribution in [3.63, 3.8) is 0 Å². The minimum absolute atomic E-state index is 0.294. The molecule has 1 unspecified atom stereocenters. The number of hydrogen-bond acceptors (Lipinski definition) is 3. The first-order chi connectivity index (χ1) is 7.68. The normalized spacial score (nSPS) is 19.7. The molecule has 1 aliphatic heterocycles. The van der Waals surface area contributed by atoms with E-state index in [0.717, 1.165) is 42.9 Å². The first-order valence-corrected chi connectivity index (χ1v) is 5.87. The molecule has 1 fully saturated rings. The number of aryl methyl sites for hydroxylation is 2. The van der Waals surface area contributed by atoms with Crippen molar-refractivity contribution in [2.75, 3.05) is 13.2 Å². The fraction of sp³-hybridized carbons (Fsp3) is 0.615. The SMILES string of the molecule is Cc1cnc(C(O)C2CCOCC2)c(C)c1. The molecule has 88 valence electrons. The third-order valence-electron chi connectivity index (χ3n) is 3.25. The molecule has 0 aromatic carbocycles. The van der Waals surface area contributed by atoms with Gasteiger partial charge in [-0.2, -0.15) is 0 Å². The van der Waals surface area contributed by atoms with Gasteiger partial charge in [-0.25, -0.2) is 0 Å². The van der Waals surface area contributed by atoms with Crippen LogP contribution in [0.2, 0.25) is 0 Å². The number of aromatic nitrogens is 1. The standard InChI is InChI=1S/C13H19NO2/c1-9-7-10(2)12(14-8-9)13(15)11-3-5-16-6-4-11/h7-8,11,13,15H,3-6H2,1-2H3. The van der Waals surface area contributed by atoms with Crippen molar-refractivity contribution >= 4 is 0 Å². The van der Waals surface area contributed by atoms with E-state index in [0.29, 0.717) is 5.92 Å². The van der Waals surface area contributed by atoms with E-state index in [1.807, 2.05) is 20.0 Å². The fourth-order valence-corrected chi connectivity index (χ4v) is 2.29. The number of rotatable bonds is 2. The van der Waals surface area contributed by atoms with Gasteiger partial charge in [0.2, 0.25) is 0 Å². The highest BCUT2D eigenvalue weighted by Gasteiger charge is 2.25. The van der Waals surface area contributed by atoms with Gasteiger partial charge in [0, 0.05) is 19.4 Å². The minimum Gasteiger partial charge on any atom is -0.387 e. The molecule has 0 saturated carbocycles.